The van der Waals surface area contributed by atoms with Gasteiger partial charge in [-0.2, -0.15) is 0 Å². The molecule has 0 aliphatic heterocycles. The number of nitrogens with zero attached hydrogens (tertiary/aromatic N) is 2. The van der Waals surface area contributed by atoms with Gasteiger partial charge in [0.05, 0.1) is 5.25 Å². The van der Waals surface area contributed by atoms with Gasteiger partial charge in [0.25, 0.3) is 5.22 Å². The second kappa shape index (κ2) is 9.74. The van der Waals surface area contributed by atoms with E-state index in [9.17, 15) is 4.79 Å². The van der Waals surface area contributed by atoms with E-state index in [0.717, 1.165) is 12.0 Å². The molecule has 0 saturated carbocycles. The van der Waals surface area contributed by atoms with Crippen LogP contribution < -0.4 is 5.32 Å². The van der Waals surface area contributed by atoms with Crippen LogP contribution in [0.4, 0.5) is 0 Å². The van der Waals surface area contributed by atoms with Gasteiger partial charge in [-0.25, -0.2) is 0 Å². The van der Waals surface area contributed by atoms with Crippen molar-refractivity contribution < 1.29 is 9.21 Å². The summed E-state index contributed by atoms with van der Waals surface area (Å²) in [5.41, 5.74) is 4.52. The summed E-state index contributed by atoms with van der Waals surface area (Å²) >= 11 is 1.28. The summed E-state index contributed by atoms with van der Waals surface area (Å²) in [6.45, 7) is 8.71. The Morgan fingerprint density at radius 2 is 1.86 bits per heavy atom. The predicted octanol–water partition coefficient (Wildman–Crippen LogP) is 5.14. The molecule has 0 aliphatic carbocycles. The van der Waals surface area contributed by atoms with Crippen molar-refractivity contribution in [2.45, 2.75) is 50.5 Å². The number of carbonyl (C=O) groups is 1. The summed E-state index contributed by atoms with van der Waals surface area (Å²) in [7, 11) is 0. The van der Waals surface area contributed by atoms with Gasteiger partial charge in [0.2, 0.25) is 11.8 Å². The molecular formula is C23H27N3O2S. The monoisotopic (exact) mass is 409 g/mol. The highest BCUT2D eigenvalue weighted by Crippen LogP contribution is 2.27. The van der Waals surface area contributed by atoms with Crippen molar-refractivity contribution in [3.05, 3.63) is 65.2 Å². The molecule has 1 amide bonds. The van der Waals surface area contributed by atoms with Gasteiger partial charge in [-0.15, -0.1) is 10.2 Å². The fourth-order valence-electron chi connectivity index (χ4n) is 3.04. The number of benzene rings is 2. The second-order valence-electron chi connectivity index (χ2n) is 7.19. The highest BCUT2D eigenvalue weighted by atomic mass is 32.2. The number of thioether (sulfide) groups is 1. The van der Waals surface area contributed by atoms with Crippen molar-refractivity contribution in [3.8, 4) is 11.5 Å². The third-order valence-corrected chi connectivity index (χ3v) is 6.03. The van der Waals surface area contributed by atoms with Crippen LogP contribution in [0, 0.1) is 13.8 Å². The topological polar surface area (TPSA) is 68.0 Å². The Labute approximate surface area is 176 Å². The molecule has 3 aromatic rings. The van der Waals surface area contributed by atoms with E-state index in [4.69, 9.17) is 4.42 Å². The molecule has 0 spiro atoms. The Hall–Kier alpha value is -2.60. The van der Waals surface area contributed by atoms with Gasteiger partial charge in [-0.05, 0) is 56.0 Å². The lowest BCUT2D eigenvalue weighted by atomic mass is 9.96. The van der Waals surface area contributed by atoms with Crippen molar-refractivity contribution >= 4 is 17.7 Å². The maximum atomic E-state index is 12.5. The minimum atomic E-state index is -0.323. The molecule has 0 saturated heterocycles. The van der Waals surface area contributed by atoms with Gasteiger partial charge in [0, 0.05) is 18.0 Å². The third-order valence-electron chi connectivity index (χ3n) is 5.09. The maximum absolute atomic E-state index is 12.5. The molecule has 1 aromatic heterocycles. The minimum Gasteiger partial charge on any atom is -0.411 e. The van der Waals surface area contributed by atoms with E-state index in [0.29, 0.717) is 23.6 Å². The Kier molecular flexibility index (Phi) is 7.09. The Morgan fingerprint density at radius 3 is 2.55 bits per heavy atom. The summed E-state index contributed by atoms with van der Waals surface area (Å²) in [5.74, 6) is 0.741. The Balaban J connectivity index is 1.57. The molecule has 0 unspecified atom stereocenters. The zero-order valence-electron chi connectivity index (χ0n) is 17.3. The second-order valence-corrected chi connectivity index (χ2v) is 8.49. The third kappa shape index (κ3) is 5.48. The number of carbonyl (C=O) groups excluding carboxylic acids is 1. The molecule has 1 heterocycles. The molecule has 2 aromatic carbocycles. The fraction of sp³-hybridized carbons (Fsp3) is 0.348. The van der Waals surface area contributed by atoms with Gasteiger partial charge >= 0.3 is 0 Å². The number of aryl methyl sites for hydroxylation is 2. The van der Waals surface area contributed by atoms with Crippen LogP contribution in [0.2, 0.25) is 0 Å². The van der Waals surface area contributed by atoms with Gasteiger partial charge in [0.15, 0.2) is 0 Å². The first-order valence-electron chi connectivity index (χ1n) is 9.88. The SMILES string of the molecule is CC[C@@H](CNC(=O)[C@@H](C)Sc1nnc(-c2ccc(C)c(C)c2)o1)c1ccccc1. The first-order valence-corrected chi connectivity index (χ1v) is 10.8. The van der Waals surface area contributed by atoms with E-state index < -0.39 is 0 Å². The summed E-state index contributed by atoms with van der Waals surface area (Å²) in [5, 5.41) is 11.4. The lowest BCUT2D eigenvalue weighted by Gasteiger charge is -2.17. The number of nitrogens with one attached hydrogen (secondary N) is 1. The molecule has 5 nitrogen and oxygen atoms in total. The molecular weight excluding hydrogens is 382 g/mol. The van der Waals surface area contributed by atoms with E-state index >= 15 is 0 Å². The quantitative estimate of drug-likeness (QED) is 0.522. The standard InChI is InChI=1S/C23H27N3O2S/c1-5-18(19-9-7-6-8-10-19)14-24-21(27)17(4)29-23-26-25-22(28-23)20-12-11-15(2)16(3)13-20/h6-13,17-18H,5,14H2,1-4H3,(H,24,27)/t17-,18+/m1/s1. The highest BCUT2D eigenvalue weighted by Gasteiger charge is 2.20. The van der Waals surface area contributed by atoms with Crippen LogP contribution in [0.1, 0.15) is 42.9 Å². The van der Waals surface area contributed by atoms with E-state index in [2.05, 4.69) is 48.4 Å². The first kappa shape index (κ1) is 21.1. The lowest BCUT2D eigenvalue weighted by Crippen LogP contribution is -2.34. The van der Waals surface area contributed by atoms with Gasteiger partial charge in [-0.1, -0.05) is 55.1 Å². The summed E-state index contributed by atoms with van der Waals surface area (Å²) < 4.78 is 5.76. The van der Waals surface area contributed by atoms with Crippen LogP contribution in [-0.2, 0) is 4.79 Å². The summed E-state index contributed by atoms with van der Waals surface area (Å²) in [6, 6.07) is 16.3. The van der Waals surface area contributed by atoms with Crippen molar-refractivity contribution in [2.75, 3.05) is 6.54 Å². The maximum Gasteiger partial charge on any atom is 0.277 e. The summed E-state index contributed by atoms with van der Waals surface area (Å²) in [6.07, 6.45) is 0.967. The number of hydrogen-bond acceptors (Lipinski definition) is 5. The van der Waals surface area contributed by atoms with Gasteiger partial charge in [-0.3, -0.25) is 4.79 Å². The summed E-state index contributed by atoms with van der Waals surface area (Å²) in [4.78, 5) is 12.5. The molecule has 3 rings (SSSR count). The van der Waals surface area contributed by atoms with Gasteiger partial charge in [0.1, 0.15) is 0 Å². The van der Waals surface area contributed by atoms with E-state index in [-0.39, 0.29) is 11.2 Å². The van der Waals surface area contributed by atoms with E-state index in [1.165, 1.54) is 28.5 Å². The van der Waals surface area contributed by atoms with E-state index in [1.54, 1.807) is 0 Å². The average molecular weight is 410 g/mol. The van der Waals surface area contributed by atoms with Crippen molar-refractivity contribution in [1.29, 1.82) is 0 Å². The van der Waals surface area contributed by atoms with Crippen molar-refractivity contribution in [3.63, 3.8) is 0 Å². The zero-order valence-corrected chi connectivity index (χ0v) is 18.1. The molecule has 0 fully saturated rings. The first-order chi connectivity index (χ1) is 14.0. The van der Waals surface area contributed by atoms with Crippen LogP contribution in [0.5, 0.6) is 0 Å². The average Bonchev–Trinajstić information content (AvgIpc) is 3.19. The molecule has 2 atom stereocenters. The van der Waals surface area contributed by atoms with Gasteiger partial charge < -0.3 is 9.73 Å². The van der Waals surface area contributed by atoms with Crippen LogP contribution in [0.15, 0.2) is 58.2 Å². The van der Waals surface area contributed by atoms with Crippen LogP contribution in [-0.4, -0.2) is 27.9 Å². The largest absolute Gasteiger partial charge is 0.411 e. The van der Waals surface area contributed by atoms with Crippen molar-refractivity contribution in [2.24, 2.45) is 0 Å². The number of amides is 1. The predicted molar refractivity (Wildman–Crippen MR) is 117 cm³/mol. The molecule has 152 valence electrons. The lowest BCUT2D eigenvalue weighted by molar-refractivity contribution is -0.120. The van der Waals surface area contributed by atoms with Crippen LogP contribution in [0.3, 0.4) is 0 Å². The molecule has 0 aliphatic rings. The smallest absolute Gasteiger partial charge is 0.277 e. The van der Waals surface area contributed by atoms with Crippen molar-refractivity contribution in [1.82, 2.24) is 15.5 Å². The number of hydrogen-bond donors (Lipinski definition) is 1. The molecule has 6 heteroatoms. The fourth-order valence-corrected chi connectivity index (χ4v) is 3.75. The number of aromatic nitrogens is 2. The van der Waals surface area contributed by atoms with Crippen LogP contribution >= 0.6 is 11.8 Å². The van der Waals surface area contributed by atoms with Crippen LogP contribution in [0.25, 0.3) is 11.5 Å². The number of rotatable bonds is 8. The van der Waals surface area contributed by atoms with E-state index in [1.807, 2.05) is 43.3 Å². The Morgan fingerprint density at radius 1 is 1.10 bits per heavy atom. The minimum absolute atomic E-state index is 0.0321. The highest BCUT2D eigenvalue weighted by molar-refractivity contribution is 8.00. The normalized spacial score (nSPS) is 13.1. The molecule has 0 radical (unpaired) electrons. The Bertz CT molecular complexity index is 956. The zero-order chi connectivity index (χ0) is 20.8. The molecule has 29 heavy (non-hydrogen) atoms. The molecule has 0 bridgehead atoms. The molecule has 1 N–H and O–H groups in total.